The fourth-order valence-corrected chi connectivity index (χ4v) is 2.10. The highest BCUT2D eigenvalue weighted by Gasteiger charge is 2.17. The Kier molecular flexibility index (Phi) is 4.71. The van der Waals surface area contributed by atoms with E-state index in [0.717, 1.165) is 10.9 Å². The van der Waals surface area contributed by atoms with Gasteiger partial charge in [0.15, 0.2) is 0 Å². The van der Waals surface area contributed by atoms with E-state index in [1.54, 1.807) is 6.92 Å². The van der Waals surface area contributed by atoms with Crippen molar-refractivity contribution >= 4 is 16.7 Å². The van der Waals surface area contributed by atoms with Gasteiger partial charge in [-0.05, 0) is 29.3 Å². The van der Waals surface area contributed by atoms with Gasteiger partial charge in [0.05, 0.1) is 6.04 Å². The zero-order valence-electron chi connectivity index (χ0n) is 11.8. The van der Waals surface area contributed by atoms with Crippen LogP contribution in [0.2, 0.25) is 0 Å². The molecule has 0 aromatic heterocycles. The number of hydrogen-bond acceptors (Lipinski definition) is 3. The molecule has 2 aromatic rings. The molecular weight excluding hydrogens is 252 g/mol. The van der Waals surface area contributed by atoms with E-state index in [1.807, 2.05) is 30.3 Å². The van der Waals surface area contributed by atoms with Crippen LogP contribution in [0.4, 0.5) is 0 Å². The maximum atomic E-state index is 11.9. The number of methoxy groups -OCH3 is 1. The summed E-state index contributed by atoms with van der Waals surface area (Å²) < 4.78 is 5.01. The summed E-state index contributed by atoms with van der Waals surface area (Å²) >= 11 is 0. The van der Waals surface area contributed by atoms with Crippen LogP contribution < -0.4 is 11.1 Å². The van der Waals surface area contributed by atoms with Crippen molar-refractivity contribution in [2.75, 3.05) is 13.7 Å². The Morgan fingerprint density at radius 2 is 1.95 bits per heavy atom. The Morgan fingerprint density at radius 1 is 1.25 bits per heavy atom. The second kappa shape index (κ2) is 6.50. The summed E-state index contributed by atoms with van der Waals surface area (Å²) in [6.07, 6.45) is -0.482. The number of nitrogens with two attached hydrogens (primary N) is 1. The first-order chi connectivity index (χ1) is 9.65. The highest BCUT2D eigenvalue weighted by Crippen LogP contribution is 2.20. The molecule has 0 heterocycles. The molecule has 0 radical (unpaired) electrons. The largest absolute Gasteiger partial charge is 0.372 e. The maximum absolute atomic E-state index is 11.9. The van der Waals surface area contributed by atoms with Gasteiger partial charge in [-0.15, -0.1) is 0 Å². The first-order valence-corrected chi connectivity index (χ1v) is 6.67. The summed E-state index contributed by atoms with van der Waals surface area (Å²) in [4.78, 5) is 11.9. The molecule has 4 nitrogen and oxygen atoms in total. The molecular formula is C16H20N2O2. The second-order valence-corrected chi connectivity index (χ2v) is 4.78. The lowest BCUT2D eigenvalue weighted by Gasteiger charge is -2.20. The van der Waals surface area contributed by atoms with Crippen molar-refractivity contribution in [2.45, 2.75) is 19.1 Å². The number of amides is 1. The summed E-state index contributed by atoms with van der Waals surface area (Å²) in [7, 11) is 1.51. The van der Waals surface area contributed by atoms with Crippen molar-refractivity contribution in [1.82, 2.24) is 5.32 Å². The Labute approximate surface area is 118 Å². The molecule has 0 fully saturated rings. The lowest BCUT2D eigenvalue weighted by atomic mass is 10.0. The van der Waals surface area contributed by atoms with Gasteiger partial charge < -0.3 is 15.8 Å². The SMILES string of the molecule is COC(C)C(=O)NC(CN)c1ccc2ccccc2c1. The van der Waals surface area contributed by atoms with Crippen LogP contribution in [-0.4, -0.2) is 25.7 Å². The van der Waals surface area contributed by atoms with Gasteiger partial charge in [-0.25, -0.2) is 0 Å². The normalized spacial score (nSPS) is 13.9. The van der Waals surface area contributed by atoms with Crippen molar-refractivity contribution in [3.63, 3.8) is 0 Å². The van der Waals surface area contributed by atoms with Crippen LogP contribution in [0.1, 0.15) is 18.5 Å². The van der Waals surface area contributed by atoms with Gasteiger partial charge in [-0.2, -0.15) is 0 Å². The van der Waals surface area contributed by atoms with Crippen LogP contribution in [0.25, 0.3) is 10.8 Å². The molecule has 2 unspecified atom stereocenters. The lowest BCUT2D eigenvalue weighted by Crippen LogP contribution is -2.39. The van der Waals surface area contributed by atoms with E-state index in [0.29, 0.717) is 6.54 Å². The second-order valence-electron chi connectivity index (χ2n) is 4.78. The fraction of sp³-hybridized carbons (Fsp3) is 0.312. The summed E-state index contributed by atoms with van der Waals surface area (Å²) in [6.45, 7) is 2.06. The molecule has 1 amide bonds. The summed E-state index contributed by atoms with van der Waals surface area (Å²) in [6, 6.07) is 14.0. The standard InChI is InChI=1S/C16H20N2O2/c1-11(20-2)16(19)18-15(10-17)14-8-7-12-5-3-4-6-13(12)9-14/h3-9,11,15H,10,17H2,1-2H3,(H,18,19). The molecule has 2 rings (SSSR count). The number of nitrogens with one attached hydrogen (secondary N) is 1. The molecule has 2 aromatic carbocycles. The molecule has 20 heavy (non-hydrogen) atoms. The number of hydrogen-bond donors (Lipinski definition) is 2. The van der Waals surface area contributed by atoms with Gasteiger partial charge in [0.2, 0.25) is 5.91 Å². The Morgan fingerprint density at radius 3 is 2.60 bits per heavy atom. The van der Waals surface area contributed by atoms with Crippen LogP contribution in [0.3, 0.4) is 0 Å². The van der Waals surface area contributed by atoms with Crippen LogP contribution in [0, 0.1) is 0 Å². The number of ether oxygens (including phenoxy) is 1. The average molecular weight is 272 g/mol. The fourth-order valence-electron chi connectivity index (χ4n) is 2.10. The number of carbonyl (C=O) groups excluding carboxylic acids is 1. The molecule has 0 aliphatic carbocycles. The molecule has 0 bridgehead atoms. The molecule has 0 spiro atoms. The molecule has 0 saturated heterocycles. The highest BCUT2D eigenvalue weighted by molar-refractivity contribution is 5.84. The zero-order chi connectivity index (χ0) is 14.5. The molecule has 0 aliphatic rings. The van der Waals surface area contributed by atoms with E-state index in [9.17, 15) is 4.79 Å². The van der Waals surface area contributed by atoms with Gasteiger partial charge in [0.1, 0.15) is 6.10 Å². The summed E-state index contributed by atoms with van der Waals surface area (Å²) in [5.74, 6) is -0.156. The van der Waals surface area contributed by atoms with Crippen molar-refractivity contribution in [3.05, 3.63) is 48.0 Å². The van der Waals surface area contributed by atoms with E-state index < -0.39 is 6.10 Å². The van der Waals surface area contributed by atoms with E-state index in [2.05, 4.69) is 17.4 Å². The molecule has 0 aliphatic heterocycles. The minimum Gasteiger partial charge on any atom is -0.372 e. The molecule has 0 saturated carbocycles. The van der Waals surface area contributed by atoms with E-state index in [1.165, 1.54) is 12.5 Å². The van der Waals surface area contributed by atoms with Crippen LogP contribution in [-0.2, 0) is 9.53 Å². The quantitative estimate of drug-likeness (QED) is 0.875. The third kappa shape index (κ3) is 3.15. The van der Waals surface area contributed by atoms with Gasteiger partial charge in [-0.3, -0.25) is 4.79 Å². The van der Waals surface area contributed by atoms with Crippen LogP contribution in [0.15, 0.2) is 42.5 Å². The van der Waals surface area contributed by atoms with Gasteiger partial charge >= 0.3 is 0 Å². The highest BCUT2D eigenvalue weighted by atomic mass is 16.5. The molecule has 3 N–H and O–H groups in total. The summed E-state index contributed by atoms with van der Waals surface area (Å²) in [5.41, 5.74) is 6.79. The van der Waals surface area contributed by atoms with Crippen molar-refractivity contribution in [2.24, 2.45) is 5.73 Å². The van der Waals surface area contributed by atoms with Gasteiger partial charge in [0.25, 0.3) is 0 Å². The van der Waals surface area contributed by atoms with Crippen LogP contribution in [0.5, 0.6) is 0 Å². The van der Waals surface area contributed by atoms with Crippen molar-refractivity contribution in [3.8, 4) is 0 Å². The van der Waals surface area contributed by atoms with Gasteiger partial charge in [0, 0.05) is 13.7 Å². The third-order valence-electron chi connectivity index (χ3n) is 3.45. The topological polar surface area (TPSA) is 64.3 Å². The number of carbonyl (C=O) groups is 1. The minimum absolute atomic E-state index is 0.156. The Hall–Kier alpha value is -1.91. The first-order valence-electron chi connectivity index (χ1n) is 6.67. The maximum Gasteiger partial charge on any atom is 0.249 e. The minimum atomic E-state index is -0.482. The first kappa shape index (κ1) is 14.5. The van der Waals surface area contributed by atoms with E-state index in [-0.39, 0.29) is 11.9 Å². The molecule has 106 valence electrons. The average Bonchev–Trinajstić information content (AvgIpc) is 2.51. The predicted molar refractivity (Wildman–Crippen MR) is 80.4 cm³/mol. The van der Waals surface area contributed by atoms with Crippen LogP contribution >= 0.6 is 0 Å². The van der Waals surface area contributed by atoms with E-state index in [4.69, 9.17) is 10.5 Å². The molecule has 4 heteroatoms. The smallest absolute Gasteiger partial charge is 0.249 e. The van der Waals surface area contributed by atoms with Gasteiger partial charge in [-0.1, -0.05) is 36.4 Å². The Balaban J connectivity index is 2.23. The lowest BCUT2D eigenvalue weighted by molar-refractivity contribution is -0.130. The summed E-state index contributed by atoms with van der Waals surface area (Å²) in [5, 5.41) is 5.22. The van der Waals surface area contributed by atoms with E-state index >= 15 is 0 Å². The zero-order valence-corrected chi connectivity index (χ0v) is 11.8. The predicted octanol–water partition coefficient (Wildman–Crippen LogP) is 1.99. The number of benzene rings is 2. The monoisotopic (exact) mass is 272 g/mol. The molecule has 2 atom stereocenters. The Bertz CT molecular complexity index is 598. The van der Waals surface area contributed by atoms with Crippen molar-refractivity contribution < 1.29 is 9.53 Å². The number of rotatable bonds is 5. The number of fused-ring (bicyclic) bond motifs is 1. The third-order valence-corrected chi connectivity index (χ3v) is 3.45. The van der Waals surface area contributed by atoms with Crippen molar-refractivity contribution in [1.29, 1.82) is 0 Å².